The zero-order valence-electron chi connectivity index (χ0n) is 18.2. The average molecular weight is 420 g/mol. The first-order valence-electron chi connectivity index (χ1n) is 12.3. The first-order valence-corrected chi connectivity index (χ1v) is 12.3. The molecule has 2 aromatic rings. The molecule has 5 heteroatoms. The van der Waals surface area contributed by atoms with Gasteiger partial charge >= 0.3 is 0 Å². The van der Waals surface area contributed by atoms with Crippen molar-refractivity contribution in [2.45, 2.75) is 88.4 Å². The van der Waals surface area contributed by atoms with Crippen molar-refractivity contribution in [1.29, 1.82) is 0 Å². The topological polar surface area (TPSA) is 68.3 Å². The number of aromatic nitrogens is 1. The van der Waals surface area contributed by atoms with Crippen LogP contribution in [0.25, 0.3) is 10.9 Å². The molecular weight excluding hydrogens is 386 g/mol. The van der Waals surface area contributed by atoms with E-state index in [1.54, 1.807) is 0 Å². The minimum atomic E-state index is -0.874. The van der Waals surface area contributed by atoms with Crippen molar-refractivity contribution in [3.8, 4) is 0 Å². The average Bonchev–Trinajstić information content (AvgIpc) is 3.28. The molecule has 1 aromatic heterocycles. The van der Waals surface area contributed by atoms with Crippen LogP contribution in [0, 0.1) is 11.8 Å². The summed E-state index contributed by atoms with van der Waals surface area (Å²) in [5.41, 5.74) is 6.85. The van der Waals surface area contributed by atoms with Gasteiger partial charge in [0.05, 0.1) is 5.56 Å². The minimum Gasteiger partial charge on any atom is -0.363 e. The number of nitrogens with two attached hydrogens (primary N) is 1. The van der Waals surface area contributed by atoms with Crippen molar-refractivity contribution in [3.63, 3.8) is 0 Å². The molecule has 1 aromatic carbocycles. The fourth-order valence-corrected chi connectivity index (χ4v) is 7.77. The molecule has 4 bridgehead atoms. The molecule has 5 nitrogen and oxygen atoms in total. The number of hydrogen-bond donors (Lipinski definition) is 1. The number of benzene rings is 1. The van der Waals surface area contributed by atoms with E-state index in [2.05, 4.69) is 15.5 Å². The largest absolute Gasteiger partial charge is 0.363 e. The van der Waals surface area contributed by atoms with Crippen molar-refractivity contribution >= 4 is 22.6 Å². The molecule has 0 spiro atoms. The summed E-state index contributed by atoms with van der Waals surface area (Å²) in [5, 5.41) is 0.848. The van der Waals surface area contributed by atoms with Crippen molar-refractivity contribution in [2.24, 2.45) is 17.6 Å². The van der Waals surface area contributed by atoms with Crippen molar-refractivity contribution in [1.82, 2.24) is 9.47 Å². The summed E-state index contributed by atoms with van der Waals surface area (Å²) in [4.78, 5) is 27.0. The lowest BCUT2D eigenvalue weighted by atomic mass is 9.69. The van der Waals surface area contributed by atoms with Crippen LogP contribution in [0.5, 0.6) is 0 Å². The molecule has 2 saturated carbocycles. The summed E-state index contributed by atoms with van der Waals surface area (Å²) in [6.45, 7) is 0. The van der Waals surface area contributed by atoms with Crippen LogP contribution in [0.4, 0.5) is 0 Å². The van der Waals surface area contributed by atoms with E-state index in [4.69, 9.17) is 5.73 Å². The Balaban J connectivity index is 1.28. The Labute approximate surface area is 184 Å². The van der Waals surface area contributed by atoms with E-state index in [1.165, 1.54) is 51.4 Å². The maximum atomic E-state index is 12.5. The third kappa shape index (κ3) is 3.24. The fourth-order valence-electron chi connectivity index (χ4n) is 7.77. The van der Waals surface area contributed by atoms with E-state index >= 15 is 0 Å². The molecule has 31 heavy (non-hydrogen) atoms. The van der Waals surface area contributed by atoms with Gasteiger partial charge in [0.25, 0.3) is 11.7 Å². The van der Waals surface area contributed by atoms with Crippen LogP contribution in [0.1, 0.15) is 80.6 Å². The Morgan fingerprint density at radius 1 is 0.806 bits per heavy atom. The number of primary amides is 1. The normalized spacial score (nSPS) is 35.4. The maximum Gasteiger partial charge on any atom is 0.289 e. The van der Waals surface area contributed by atoms with E-state index in [0.29, 0.717) is 23.7 Å². The molecule has 2 N–H and O–H groups in total. The van der Waals surface area contributed by atoms with Gasteiger partial charge in [-0.05, 0) is 62.8 Å². The van der Waals surface area contributed by atoms with Crippen LogP contribution in [-0.4, -0.2) is 39.3 Å². The van der Waals surface area contributed by atoms with Gasteiger partial charge < -0.3 is 10.3 Å². The van der Waals surface area contributed by atoms with Gasteiger partial charge in [0.1, 0.15) is 0 Å². The second-order valence-corrected chi connectivity index (χ2v) is 10.6. The lowest BCUT2D eigenvalue weighted by Gasteiger charge is -2.49. The molecule has 2 aliphatic carbocycles. The first kappa shape index (κ1) is 19.5. The Hall–Kier alpha value is -2.14. The first-order chi connectivity index (χ1) is 15.1. The van der Waals surface area contributed by atoms with E-state index in [-0.39, 0.29) is 0 Å². The second kappa shape index (κ2) is 7.47. The highest BCUT2D eigenvalue weighted by molar-refractivity contribution is 6.44. The lowest BCUT2D eigenvalue weighted by Crippen LogP contribution is -2.52. The quantitative estimate of drug-likeness (QED) is 0.588. The highest BCUT2D eigenvalue weighted by Gasteiger charge is 2.47. The molecule has 4 fully saturated rings. The van der Waals surface area contributed by atoms with E-state index < -0.39 is 11.7 Å². The Kier molecular flexibility index (Phi) is 4.71. The number of fused-ring (bicyclic) bond motifs is 5. The van der Waals surface area contributed by atoms with Gasteiger partial charge in [0.15, 0.2) is 0 Å². The van der Waals surface area contributed by atoms with E-state index in [1.807, 2.05) is 24.4 Å². The summed E-state index contributed by atoms with van der Waals surface area (Å²) >= 11 is 0. The second-order valence-electron chi connectivity index (χ2n) is 10.6. The molecule has 6 rings (SSSR count). The van der Waals surface area contributed by atoms with Crippen LogP contribution >= 0.6 is 0 Å². The number of amides is 1. The molecule has 0 radical (unpaired) electrons. The van der Waals surface area contributed by atoms with E-state index in [9.17, 15) is 9.59 Å². The van der Waals surface area contributed by atoms with Gasteiger partial charge in [-0.25, -0.2) is 0 Å². The number of rotatable bonds is 4. The van der Waals surface area contributed by atoms with Gasteiger partial charge in [0.2, 0.25) is 0 Å². The zero-order valence-corrected chi connectivity index (χ0v) is 18.2. The molecule has 164 valence electrons. The van der Waals surface area contributed by atoms with Gasteiger partial charge in [-0.1, -0.05) is 37.5 Å². The van der Waals surface area contributed by atoms with Crippen LogP contribution in [-0.2, 0) is 4.79 Å². The smallest absolute Gasteiger partial charge is 0.289 e. The third-order valence-electron chi connectivity index (χ3n) is 8.89. The number of carbonyl (C=O) groups is 2. The SMILES string of the molecule is NC(=O)C(=O)c1cn([C@H]2C[C@H]3CC[C@@H](C2)N3[C@H]2C[C@@H]3CCC[C@@H](C3)C2)c2ccccc12. The fraction of sp³-hybridized carbons (Fsp3) is 0.615. The van der Waals surface area contributed by atoms with Gasteiger partial charge in [-0.15, -0.1) is 0 Å². The Morgan fingerprint density at radius 3 is 2.16 bits per heavy atom. The predicted molar refractivity (Wildman–Crippen MR) is 121 cm³/mol. The van der Waals surface area contributed by atoms with Gasteiger partial charge in [0, 0.05) is 41.3 Å². The zero-order chi connectivity index (χ0) is 21.1. The third-order valence-corrected chi connectivity index (χ3v) is 8.89. The number of nitrogens with zero attached hydrogens (tertiary/aromatic N) is 2. The number of hydrogen-bond acceptors (Lipinski definition) is 3. The molecule has 1 amide bonds. The highest BCUT2D eigenvalue weighted by atomic mass is 16.2. The highest BCUT2D eigenvalue weighted by Crippen LogP contribution is 2.48. The van der Waals surface area contributed by atoms with E-state index in [0.717, 1.165) is 41.6 Å². The number of ketones is 1. The van der Waals surface area contributed by atoms with Crippen molar-refractivity contribution in [2.75, 3.05) is 0 Å². The van der Waals surface area contributed by atoms with Crippen LogP contribution in [0.2, 0.25) is 0 Å². The van der Waals surface area contributed by atoms with Crippen LogP contribution in [0.3, 0.4) is 0 Å². The predicted octanol–water partition coefficient (Wildman–Crippen LogP) is 4.45. The lowest BCUT2D eigenvalue weighted by molar-refractivity contribution is -0.114. The number of carbonyl (C=O) groups excluding carboxylic acids is 2. The van der Waals surface area contributed by atoms with Crippen LogP contribution < -0.4 is 5.73 Å². The monoisotopic (exact) mass is 419 g/mol. The van der Waals surface area contributed by atoms with Crippen molar-refractivity contribution < 1.29 is 9.59 Å². The summed E-state index contributed by atoms with van der Waals surface area (Å²) in [5.74, 6) is 0.473. The van der Waals surface area contributed by atoms with Gasteiger partial charge in [-0.3, -0.25) is 14.5 Å². The number of piperidine rings is 1. The Morgan fingerprint density at radius 2 is 1.48 bits per heavy atom. The molecule has 2 saturated heterocycles. The Bertz CT molecular complexity index is 1000. The van der Waals surface area contributed by atoms with Crippen LogP contribution in [0.15, 0.2) is 30.5 Å². The summed E-state index contributed by atoms with van der Waals surface area (Å²) in [7, 11) is 0. The minimum absolute atomic E-state index is 0.385. The molecule has 6 atom stereocenters. The number of Topliss-reactive ketones (excluding diaryl/α,β-unsaturated/α-hetero) is 1. The molecule has 3 heterocycles. The summed E-state index contributed by atoms with van der Waals surface area (Å²) in [6.07, 6.45) is 15.5. The molecule has 4 aliphatic rings. The molecule has 0 unspecified atom stereocenters. The maximum absolute atomic E-state index is 12.5. The summed E-state index contributed by atoms with van der Waals surface area (Å²) in [6, 6.07) is 10.4. The standard InChI is InChI=1S/C26H33N3O2/c27-26(31)25(30)23-15-28(24-7-2-1-6-22(23)24)20-13-18-8-9-19(14-20)29(18)21-11-16-4-3-5-17(10-16)12-21/h1-2,6-7,15-21H,3-5,8-14H2,(H2,27,31)/t16-,17+,18-,19+,20+,21+. The number of para-hydroxylation sites is 1. The molecule has 2 aliphatic heterocycles. The van der Waals surface area contributed by atoms with Gasteiger partial charge in [-0.2, -0.15) is 0 Å². The van der Waals surface area contributed by atoms with Crippen molar-refractivity contribution in [3.05, 3.63) is 36.0 Å². The summed E-state index contributed by atoms with van der Waals surface area (Å²) < 4.78 is 2.28. The molecular formula is C26H33N3O2.